The predicted molar refractivity (Wildman–Crippen MR) is 126 cm³/mol. The summed E-state index contributed by atoms with van der Waals surface area (Å²) in [5.74, 6) is -0.501. The minimum atomic E-state index is -1.02. The van der Waals surface area contributed by atoms with Crippen molar-refractivity contribution in [3.05, 3.63) is 102 Å². The fourth-order valence-electron chi connectivity index (χ4n) is 3.29. The normalized spacial score (nSPS) is 10.5. The number of carbonyl (C=O) groups is 2. The van der Waals surface area contributed by atoms with Gasteiger partial charge in [-0.05, 0) is 83.9 Å². The Morgan fingerprint density at radius 1 is 0.882 bits per heavy atom. The molecule has 0 bridgehead atoms. The Balaban J connectivity index is 1.63. The summed E-state index contributed by atoms with van der Waals surface area (Å²) in [7, 11) is 1.76. The van der Waals surface area contributed by atoms with Crippen molar-refractivity contribution in [3.8, 4) is 22.6 Å². The maximum absolute atomic E-state index is 13.1. The van der Waals surface area contributed by atoms with E-state index in [2.05, 4.69) is 4.98 Å². The summed E-state index contributed by atoms with van der Waals surface area (Å²) in [5.41, 5.74) is 7.96. The Labute approximate surface area is 194 Å². The van der Waals surface area contributed by atoms with Crippen LogP contribution in [0.5, 0.6) is 11.5 Å². The number of nitrogens with two attached hydrogens (primary N) is 1. The highest BCUT2D eigenvalue weighted by molar-refractivity contribution is 5.93. The number of nitrogens with zero attached hydrogens (tertiary/aromatic N) is 2. The van der Waals surface area contributed by atoms with Crippen LogP contribution in [0.3, 0.4) is 0 Å². The Morgan fingerprint density at radius 3 is 2.03 bits per heavy atom. The molecule has 0 aliphatic carbocycles. The van der Waals surface area contributed by atoms with Crippen LogP contribution < -0.4 is 15.4 Å². The van der Waals surface area contributed by atoms with Crippen molar-refractivity contribution in [2.75, 3.05) is 11.9 Å². The van der Waals surface area contributed by atoms with Crippen LogP contribution in [0.15, 0.2) is 84.9 Å². The quantitative estimate of drug-likeness (QED) is 0.393. The van der Waals surface area contributed by atoms with Gasteiger partial charge < -0.3 is 20.5 Å². The SMILES string of the molecule is CN(c1ccc(C(=O)O)cc1)c1cc(-c2ccc(Oc3ccc(F)cc3)cc2)cc(C(N)=O)n1. The number of aromatic nitrogens is 1. The lowest BCUT2D eigenvalue weighted by Crippen LogP contribution is -2.17. The molecule has 0 aliphatic rings. The number of amides is 1. The molecule has 4 rings (SSSR count). The van der Waals surface area contributed by atoms with Crippen molar-refractivity contribution in [1.82, 2.24) is 4.98 Å². The Hall–Kier alpha value is -4.72. The van der Waals surface area contributed by atoms with E-state index in [1.54, 1.807) is 48.3 Å². The summed E-state index contributed by atoms with van der Waals surface area (Å²) >= 11 is 0. The number of hydrogen-bond acceptors (Lipinski definition) is 5. The number of aromatic carboxylic acids is 1. The van der Waals surface area contributed by atoms with Crippen LogP contribution in [-0.2, 0) is 0 Å². The maximum atomic E-state index is 13.1. The third-order valence-electron chi connectivity index (χ3n) is 5.15. The van der Waals surface area contributed by atoms with Crippen LogP contribution in [0, 0.1) is 5.82 Å². The van der Waals surface area contributed by atoms with Gasteiger partial charge in [0.1, 0.15) is 28.8 Å². The molecule has 1 amide bonds. The van der Waals surface area contributed by atoms with E-state index in [4.69, 9.17) is 15.6 Å². The van der Waals surface area contributed by atoms with E-state index in [-0.39, 0.29) is 17.1 Å². The number of rotatable bonds is 7. The number of carboxylic acid groups (broad SMARTS) is 1. The summed E-state index contributed by atoms with van der Waals surface area (Å²) in [5, 5.41) is 9.10. The monoisotopic (exact) mass is 457 g/mol. The van der Waals surface area contributed by atoms with Gasteiger partial charge >= 0.3 is 5.97 Å². The molecule has 1 heterocycles. The number of primary amides is 1. The van der Waals surface area contributed by atoms with Gasteiger partial charge in [-0.2, -0.15) is 0 Å². The first-order valence-corrected chi connectivity index (χ1v) is 10.2. The first-order valence-electron chi connectivity index (χ1n) is 10.2. The Morgan fingerprint density at radius 2 is 1.47 bits per heavy atom. The van der Waals surface area contributed by atoms with Gasteiger partial charge in [0.15, 0.2) is 0 Å². The second-order valence-corrected chi connectivity index (χ2v) is 7.45. The summed E-state index contributed by atoms with van der Waals surface area (Å²) < 4.78 is 18.8. The Bertz CT molecular complexity index is 1340. The van der Waals surface area contributed by atoms with E-state index in [1.807, 2.05) is 12.1 Å². The molecule has 0 radical (unpaired) electrons. The first-order chi connectivity index (χ1) is 16.3. The second kappa shape index (κ2) is 9.41. The van der Waals surface area contributed by atoms with Crippen molar-refractivity contribution in [1.29, 1.82) is 0 Å². The van der Waals surface area contributed by atoms with Gasteiger partial charge in [-0.15, -0.1) is 0 Å². The Kier molecular flexibility index (Phi) is 6.22. The number of carbonyl (C=O) groups excluding carboxylic acids is 1. The molecule has 8 heteroatoms. The van der Waals surface area contributed by atoms with Crippen LogP contribution in [0.4, 0.5) is 15.9 Å². The minimum Gasteiger partial charge on any atom is -0.478 e. The van der Waals surface area contributed by atoms with E-state index >= 15 is 0 Å². The van der Waals surface area contributed by atoms with Gasteiger partial charge in [-0.25, -0.2) is 14.2 Å². The summed E-state index contributed by atoms with van der Waals surface area (Å²) in [6.45, 7) is 0. The molecule has 4 aromatic rings. The predicted octanol–water partition coefficient (Wildman–Crippen LogP) is 5.25. The number of carboxylic acids is 1. The highest BCUT2D eigenvalue weighted by Gasteiger charge is 2.14. The second-order valence-electron chi connectivity index (χ2n) is 7.45. The number of benzene rings is 3. The molecule has 170 valence electrons. The smallest absolute Gasteiger partial charge is 0.335 e. The number of hydrogen-bond donors (Lipinski definition) is 2. The van der Waals surface area contributed by atoms with Crippen LogP contribution in [0.1, 0.15) is 20.8 Å². The summed E-state index contributed by atoms with van der Waals surface area (Å²) in [4.78, 5) is 29.1. The maximum Gasteiger partial charge on any atom is 0.335 e. The van der Waals surface area contributed by atoms with E-state index in [0.29, 0.717) is 28.6 Å². The number of halogens is 1. The molecule has 7 nitrogen and oxygen atoms in total. The van der Waals surface area contributed by atoms with E-state index in [9.17, 15) is 14.0 Å². The average Bonchev–Trinajstić information content (AvgIpc) is 2.85. The molecule has 0 fully saturated rings. The third kappa shape index (κ3) is 5.02. The molecule has 0 atom stereocenters. The first kappa shape index (κ1) is 22.5. The van der Waals surface area contributed by atoms with Crippen molar-refractivity contribution in [2.24, 2.45) is 5.73 Å². The third-order valence-corrected chi connectivity index (χ3v) is 5.15. The van der Waals surface area contributed by atoms with Gasteiger partial charge in [0.2, 0.25) is 0 Å². The lowest BCUT2D eigenvalue weighted by Gasteiger charge is -2.20. The number of anilines is 2. The molecule has 0 saturated heterocycles. The van der Waals surface area contributed by atoms with E-state index in [1.165, 1.54) is 36.4 Å². The zero-order valence-electron chi connectivity index (χ0n) is 18.1. The van der Waals surface area contributed by atoms with E-state index in [0.717, 1.165) is 5.56 Å². The van der Waals surface area contributed by atoms with Crippen LogP contribution in [-0.4, -0.2) is 29.0 Å². The molecule has 0 unspecified atom stereocenters. The highest BCUT2D eigenvalue weighted by Crippen LogP contribution is 2.30. The van der Waals surface area contributed by atoms with Crippen LogP contribution in [0.2, 0.25) is 0 Å². The average molecular weight is 457 g/mol. The van der Waals surface area contributed by atoms with Gasteiger partial charge in [0.25, 0.3) is 5.91 Å². The van der Waals surface area contributed by atoms with Crippen molar-refractivity contribution < 1.29 is 23.8 Å². The molecule has 1 aromatic heterocycles. The lowest BCUT2D eigenvalue weighted by atomic mass is 10.0. The molecular weight excluding hydrogens is 437 g/mol. The minimum absolute atomic E-state index is 0.0909. The standard InChI is InChI=1S/C26H20FN3O4/c1-30(20-8-2-17(3-9-20)26(32)33)24-15-18(14-23(29-24)25(28)31)16-4-10-21(11-5-16)34-22-12-6-19(27)7-13-22/h2-15H,1H3,(H2,28,31)(H,32,33). The zero-order chi connectivity index (χ0) is 24.2. The lowest BCUT2D eigenvalue weighted by molar-refractivity contribution is 0.0696. The van der Waals surface area contributed by atoms with Gasteiger partial charge in [-0.3, -0.25) is 4.79 Å². The van der Waals surface area contributed by atoms with Gasteiger partial charge in [0, 0.05) is 12.7 Å². The van der Waals surface area contributed by atoms with Crippen LogP contribution in [0.25, 0.3) is 11.1 Å². The van der Waals surface area contributed by atoms with Gasteiger partial charge in [0.05, 0.1) is 5.56 Å². The van der Waals surface area contributed by atoms with Crippen molar-refractivity contribution >= 4 is 23.4 Å². The van der Waals surface area contributed by atoms with Crippen molar-refractivity contribution in [2.45, 2.75) is 0 Å². The largest absolute Gasteiger partial charge is 0.478 e. The fraction of sp³-hybridized carbons (Fsp3) is 0.0385. The van der Waals surface area contributed by atoms with Crippen LogP contribution >= 0.6 is 0 Å². The summed E-state index contributed by atoms with van der Waals surface area (Å²) in [6.07, 6.45) is 0. The van der Waals surface area contributed by atoms with Crippen molar-refractivity contribution in [3.63, 3.8) is 0 Å². The highest BCUT2D eigenvalue weighted by atomic mass is 19.1. The molecule has 0 spiro atoms. The molecule has 0 aliphatic heterocycles. The summed E-state index contributed by atoms with van der Waals surface area (Å²) in [6, 6.07) is 22.6. The number of ether oxygens (including phenoxy) is 1. The topological polar surface area (TPSA) is 106 Å². The molecule has 0 saturated carbocycles. The van der Waals surface area contributed by atoms with Gasteiger partial charge in [-0.1, -0.05) is 12.1 Å². The molecule has 3 N–H and O–H groups in total. The fourth-order valence-corrected chi connectivity index (χ4v) is 3.29. The zero-order valence-corrected chi connectivity index (χ0v) is 18.1. The molecule has 34 heavy (non-hydrogen) atoms. The molecule has 3 aromatic carbocycles. The molecular formula is C26H20FN3O4. The number of pyridine rings is 1. The van der Waals surface area contributed by atoms with E-state index < -0.39 is 11.9 Å².